The van der Waals surface area contributed by atoms with E-state index < -0.39 is 0 Å². The lowest BCUT2D eigenvalue weighted by Crippen LogP contribution is -2.28. The SMILES string of the molecule is COc1ccc(C(N)C(C)Oc2ccccc2Cl)cc1. The van der Waals surface area contributed by atoms with Crippen molar-refractivity contribution in [1.82, 2.24) is 0 Å². The molecule has 2 aromatic carbocycles. The summed E-state index contributed by atoms with van der Waals surface area (Å²) in [5, 5.41) is 0.585. The Morgan fingerprint density at radius 3 is 2.30 bits per heavy atom. The average molecular weight is 292 g/mol. The highest BCUT2D eigenvalue weighted by Crippen LogP contribution is 2.27. The molecular weight excluding hydrogens is 274 g/mol. The van der Waals surface area contributed by atoms with E-state index in [4.69, 9.17) is 26.8 Å². The van der Waals surface area contributed by atoms with Gasteiger partial charge in [0.1, 0.15) is 17.6 Å². The Morgan fingerprint density at radius 2 is 1.70 bits per heavy atom. The highest BCUT2D eigenvalue weighted by molar-refractivity contribution is 6.32. The van der Waals surface area contributed by atoms with Gasteiger partial charge < -0.3 is 15.2 Å². The molecule has 2 atom stereocenters. The van der Waals surface area contributed by atoms with E-state index in [9.17, 15) is 0 Å². The van der Waals surface area contributed by atoms with Gasteiger partial charge in [0.25, 0.3) is 0 Å². The van der Waals surface area contributed by atoms with Crippen molar-refractivity contribution in [3.05, 3.63) is 59.1 Å². The predicted molar refractivity (Wildman–Crippen MR) is 81.5 cm³/mol. The number of para-hydroxylation sites is 1. The second-order valence-electron chi connectivity index (χ2n) is 4.55. The summed E-state index contributed by atoms with van der Waals surface area (Å²) in [6, 6.07) is 14.8. The van der Waals surface area contributed by atoms with Crippen LogP contribution in [0.25, 0.3) is 0 Å². The zero-order valence-corrected chi connectivity index (χ0v) is 12.3. The predicted octanol–water partition coefficient (Wildman–Crippen LogP) is 3.82. The molecule has 2 rings (SSSR count). The van der Waals surface area contributed by atoms with E-state index in [1.54, 1.807) is 13.2 Å². The summed E-state index contributed by atoms with van der Waals surface area (Å²) in [5.74, 6) is 1.45. The van der Waals surface area contributed by atoms with Gasteiger partial charge in [-0.25, -0.2) is 0 Å². The van der Waals surface area contributed by atoms with E-state index in [1.165, 1.54) is 0 Å². The summed E-state index contributed by atoms with van der Waals surface area (Å²) in [7, 11) is 1.64. The molecule has 0 saturated carbocycles. The van der Waals surface area contributed by atoms with Crippen LogP contribution >= 0.6 is 11.6 Å². The van der Waals surface area contributed by atoms with Gasteiger partial charge in [0, 0.05) is 0 Å². The number of benzene rings is 2. The summed E-state index contributed by atoms with van der Waals surface area (Å²) in [6.45, 7) is 1.93. The minimum Gasteiger partial charge on any atom is -0.497 e. The van der Waals surface area contributed by atoms with Crippen molar-refractivity contribution in [1.29, 1.82) is 0 Å². The van der Waals surface area contributed by atoms with Crippen LogP contribution in [0.3, 0.4) is 0 Å². The minimum atomic E-state index is -0.239. The van der Waals surface area contributed by atoms with Gasteiger partial charge in [-0.3, -0.25) is 0 Å². The third-order valence-corrected chi connectivity index (χ3v) is 3.47. The fourth-order valence-electron chi connectivity index (χ4n) is 1.91. The molecule has 0 spiro atoms. The van der Waals surface area contributed by atoms with E-state index in [0.29, 0.717) is 10.8 Å². The van der Waals surface area contributed by atoms with Crippen LogP contribution in [0.2, 0.25) is 5.02 Å². The fraction of sp³-hybridized carbons (Fsp3) is 0.250. The van der Waals surface area contributed by atoms with Crippen LogP contribution in [0.1, 0.15) is 18.5 Å². The lowest BCUT2D eigenvalue weighted by atomic mass is 10.0. The maximum absolute atomic E-state index is 6.22. The first-order valence-electron chi connectivity index (χ1n) is 6.42. The third kappa shape index (κ3) is 3.44. The first-order chi connectivity index (χ1) is 9.61. The van der Waals surface area contributed by atoms with Gasteiger partial charge in [0.05, 0.1) is 18.2 Å². The van der Waals surface area contributed by atoms with Gasteiger partial charge >= 0.3 is 0 Å². The topological polar surface area (TPSA) is 44.5 Å². The van der Waals surface area contributed by atoms with E-state index in [2.05, 4.69) is 0 Å². The van der Waals surface area contributed by atoms with Crippen LogP contribution in [0.5, 0.6) is 11.5 Å². The largest absolute Gasteiger partial charge is 0.497 e. The first kappa shape index (κ1) is 14.7. The Bertz CT molecular complexity index is 557. The monoisotopic (exact) mass is 291 g/mol. The number of hydrogen-bond donors (Lipinski definition) is 1. The standard InChI is InChI=1S/C16H18ClNO2/c1-11(20-15-6-4-3-5-14(15)17)16(18)12-7-9-13(19-2)10-8-12/h3-11,16H,18H2,1-2H3. The summed E-state index contributed by atoms with van der Waals surface area (Å²) in [6.07, 6.45) is -0.191. The van der Waals surface area contributed by atoms with Crippen LogP contribution in [0.4, 0.5) is 0 Å². The summed E-state index contributed by atoms with van der Waals surface area (Å²) in [5.41, 5.74) is 7.21. The molecule has 0 heterocycles. The Kier molecular flexibility index (Phi) is 4.88. The number of halogens is 1. The molecule has 0 fully saturated rings. The molecule has 2 N–H and O–H groups in total. The molecule has 2 aromatic rings. The van der Waals surface area contributed by atoms with Crippen LogP contribution in [0.15, 0.2) is 48.5 Å². The van der Waals surface area contributed by atoms with Gasteiger partial charge in [-0.1, -0.05) is 35.9 Å². The molecule has 0 aliphatic carbocycles. The van der Waals surface area contributed by atoms with Crippen LogP contribution in [-0.4, -0.2) is 13.2 Å². The maximum atomic E-state index is 6.22. The lowest BCUT2D eigenvalue weighted by molar-refractivity contribution is 0.190. The summed E-state index contributed by atoms with van der Waals surface area (Å²) < 4.78 is 11.0. The molecule has 0 amide bonds. The Morgan fingerprint density at radius 1 is 1.05 bits per heavy atom. The fourth-order valence-corrected chi connectivity index (χ4v) is 2.09. The van der Waals surface area contributed by atoms with Gasteiger partial charge in [0.2, 0.25) is 0 Å². The zero-order chi connectivity index (χ0) is 14.5. The number of nitrogens with two attached hydrogens (primary N) is 1. The van der Waals surface area contributed by atoms with Crippen molar-refractivity contribution < 1.29 is 9.47 Å². The Labute approximate surface area is 124 Å². The maximum Gasteiger partial charge on any atom is 0.138 e. The normalized spacial score (nSPS) is 13.6. The molecule has 0 bridgehead atoms. The van der Waals surface area contributed by atoms with Crippen molar-refractivity contribution >= 4 is 11.6 Å². The highest BCUT2D eigenvalue weighted by Gasteiger charge is 2.17. The number of methoxy groups -OCH3 is 1. The Hall–Kier alpha value is -1.71. The third-order valence-electron chi connectivity index (χ3n) is 3.16. The van der Waals surface area contributed by atoms with E-state index >= 15 is 0 Å². The zero-order valence-electron chi connectivity index (χ0n) is 11.5. The quantitative estimate of drug-likeness (QED) is 0.911. The minimum absolute atomic E-state index is 0.191. The van der Waals surface area contributed by atoms with Crippen LogP contribution in [-0.2, 0) is 0 Å². The van der Waals surface area contributed by atoms with E-state index in [-0.39, 0.29) is 12.1 Å². The van der Waals surface area contributed by atoms with Crippen molar-refractivity contribution in [2.45, 2.75) is 19.1 Å². The van der Waals surface area contributed by atoms with E-state index in [0.717, 1.165) is 11.3 Å². The van der Waals surface area contributed by atoms with Gasteiger partial charge in [0.15, 0.2) is 0 Å². The molecule has 3 nitrogen and oxygen atoms in total. The smallest absolute Gasteiger partial charge is 0.138 e. The van der Waals surface area contributed by atoms with Gasteiger partial charge in [-0.15, -0.1) is 0 Å². The second kappa shape index (κ2) is 6.64. The van der Waals surface area contributed by atoms with Gasteiger partial charge in [-0.05, 0) is 36.8 Å². The molecule has 0 aliphatic heterocycles. The average Bonchev–Trinajstić information content (AvgIpc) is 2.49. The van der Waals surface area contributed by atoms with Crippen LogP contribution < -0.4 is 15.2 Å². The summed E-state index contributed by atoms with van der Waals surface area (Å²) in [4.78, 5) is 0. The number of rotatable bonds is 5. The lowest BCUT2D eigenvalue weighted by Gasteiger charge is -2.22. The first-order valence-corrected chi connectivity index (χ1v) is 6.80. The van der Waals surface area contributed by atoms with Crippen LogP contribution in [0, 0.1) is 0 Å². The van der Waals surface area contributed by atoms with Crippen molar-refractivity contribution in [3.63, 3.8) is 0 Å². The number of ether oxygens (including phenoxy) is 2. The van der Waals surface area contributed by atoms with E-state index in [1.807, 2.05) is 49.4 Å². The highest BCUT2D eigenvalue weighted by atomic mass is 35.5. The molecule has 0 saturated heterocycles. The van der Waals surface area contributed by atoms with Gasteiger partial charge in [-0.2, -0.15) is 0 Å². The molecule has 0 radical (unpaired) electrons. The molecular formula is C16H18ClNO2. The summed E-state index contributed by atoms with van der Waals surface area (Å²) >= 11 is 6.08. The molecule has 2 unspecified atom stereocenters. The van der Waals surface area contributed by atoms with Crippen molar-refractivity contribution in [3.8, 4) is 11.5 Å². The molecule has 0 aliphatic rings. The molecule has 4 heteroatoms. The molecule has 20 heavy (non-hydrogen) atoms. The number of hydrogen-bond acceptors (Lipinski definition) is 3. The van der Waals surface area contributed by atoms with Crippen molar-refractivity contribution in [2.75, 3.05) is 7.11 Å². The molecule has 106 valence electrons. The molecule has 0 aromatic heterocycles. The Balaban J connectivity index is 2.08. The van der Waals surface area contributed by atoms with Crippen molar-refractivity contribution in [2.24, 2.45) is 5.73 Å². The second-order valence-corrected chi connectivity index (χ2v) is 4.96.